The highest BCUT2D eigenvalue weighted by Gasteiger charge is 2.49. The number of rotatable bonds is 5. The number of hydrogen-bond donors (Lipinski definition) is 2. The third kappa shape index (κ3) is 5.30. The fraction of sp³-hybridized carbons (Fsp3) is 0.478. The standard InChI is InChI=1S/C23H26F4N6O2/c1-3-28-20(34)17-5-4-15(8-13(17)2)30-22-29-10-18(24)19(31-22)32-7-6-14-9-16(12-32)33(11-14)21(35)23(25,26)27/h4-5,8,10,14,16H,3,6-7,9,11-12H2,1-2H3,(H,28,34)(H,29,30,31). The molecule has 3 heterocycles. The van der Waals surface area contributed by atoms with E-state index in [0.29, 0.717) is 37.2 Å². The number of nitrogens with zero attached hydrogens (tertiary/aromatic N) is 4. The van der Waals surface area contributed by atoms with E-state index in [-0.39, 0.29) is 36.7 Å². The molecule has 2 aliphatic heterocycles. The number of anilines is 3. The van der Waals surface area contributed by atoms with Crippen LogP contribution in [0.4, 0.5) is 35.0 Å². The van der Waals surface area contributed by atoms with Gasteiger partial charge in [0.1, 0.15) is 0 Å². The molecule has 1 aromatic heterocycles. The molecule has 8 nitrogen and oxygen atoms in total. The molecule has 1 aromatic carbocycles. The van der Waals surface area contributed by atoms with Crippen LogP contribution in [0.3, 0.4) is 0 Å². The molecule has 0 spiro atoms. The molecule has 2 aliphatic rings. The number of benzene rings is 1. The van der Waals surface area contributed by atoms with E-state index in [1.54, 1.807) is 30.0 Å². The van der Waals surface area contributed by atoms with Crippen molar-refractivity contribution in [2.75, 3.05) is 36.4 Å². The van der Waals surface area contributed by atoms with Crippen LogP contribution in [-0.4, -0.2) is 65.1 Å². The maximum atomic E-state index is 14.7. The summed E-state index contributed by atoms with van der Waals surface area (Å²) in [5.74, 6) is -2.77. The van der Waals surface area contributed by atoms with Crippen LogP contribution in [0.15, 0.2) is 24.4 Å². The van der Waals surface area contributed by atoms with Gasteiger partial charge in [-0.25, -0.2) is 9.37 Å². The molecule has 2 amide bonds. The van der Waals surface area contributed by atoms with Crippen LogP contribution >= 0.6 is 0 Å². The molecule has 2 bridgehead atoms. The summed E-state index contributed by atoms with van der Waals surface area (Å²) in [6, 6.07) is 4.40. The molecular formula is C23H26F4N6O2. The maximum Gasteiger partial charge on any atom is 0.471 e. The quantitative estimate of drug-likeness (QED) is 0.620. The fourth-order valence-electron chi connectivity index (χ4n) is 4.71. The number of amides is 2. The number of halogens is 4. The lowest BCUT2D eigenvalue weighted by atomic mass is 10.0. The van der Waals surface area contributed by atoms with Gasteiger partial charge in [0.05, 0.1) is 6.20 Å². The zero-order chi connectivity index (χ0) is 25.3. The predicted molar refractivity (Wildman–Crippen MR) is 121 cm³/mol. The highest BCUT2D eigenvalue weighted by atomic mass is 19.4. The second-order valence-electron chi connectivity index (χ2n) is 8.82. The van der Waals surface area contributed by atoms with Crippen molar-refractivity contribution in [3.05, 3.63) is 41.3 Å². The van der Waals surface area contributed by atoms with E-state index in [1.165, 1.54) is 0 Å². The number of carbonyl (C=O) groups is 2. The van der Waals surface area contributed by atoms with Crippen LogP contribution in [0.25, 0.3) is 0 Å². The molecule has 35 heavy (non-hydrogen) atoms. The van der Waals surface area contributed by atoms with Crippen LogP contribution in [0.2, 0.25) is 0 Å². The molecule has 0 aliphatic carbocycles. The van der Waals surface area contributed by atoms with Crippen LogP contribution in [0.5, 0.6) is 0 Å². The summed E-state index contributed by atoms with van der Waals surface area (Å²) < 4.78 is 53.8. The Labute approximate surface area is 199 Å². The average molecular weight is 494 g/mol. The van der Waals surface area contributed by atoms with E-state index in [0.717, 1.165) is 16.7 Å². The second-order valence-corrected chi connectivity index (χ2v) is 8.82. The smallest absolute Gasteiger partial charge is 0.352 e. The number of likely N-dealkylation sites (tertiary alicyclic amines) is 1. The van der Waals surface area contributed by atoms with Gasteiger partial charge in [-0.1, -0.05) is 0 Å². The summed E-state index contributed by atoms with van der Waals surface area (Å²) in [7, 11) is 0. The zero-order valence-electron chi connectivity index (χ0n) is 19.3. The molecule has 2 aromatic rings. The summed E-state index contributed by atoms with van der Waals surface area (Å²) in [4.78, 5) is 34.7. The van der Waals surface area contributed by atoms with Crippen molar-refractivity contribution in [3.63, 3.8) is 0 Å². The van der Waals surface area contributed by atoms with Crippen molar-refractivity contribution in [1.82, 2.24) is 20.2 Å². The number of nitrogens with one attached hydrogen (secondary N) is 2. The highest BCUT2D eigenvalue weighted by Crippen LogP contribution is 2.35. The van der Waals surface area contributed by atoms with Gasteiger partial charge in [0, 0.05) is 43.5 Å². The van der Waals surface area contributed by atoms with Gasteiger partial charge in [-0.3, -0.25) is 9.59 Å². The Morgan fingerprint density at radius 3 is 2.69 bits per heavy atom. The normalized spacial score (nSPS) is 19.9. The Hall–Kier alpha value is -3.44. The average Bonchev–Trinajstić information content (AvgIpc) is 3.06. The van der Waals surface area contributed by atoms with Crippen molar-refractivity contribution >= 4 is 29.3 Å². The number of aryl methyl sites for hydroxylation is 1. The second kappa shape index (κ2) is 9.67. The molecule has 2 saturated heterocycles. The van der Waals surface area contributed by atoms with Gasteiger partial charge in [0.2, 0.25) is 5.95 Å². The van der Waals surface area contributed by atoms with Gasteiger partial charge in [-0.2, -0.15) is 18.2 Å². The minimum atomic E-state index is -4.95. The fourth-order valence-corrected chi connectivity index (χ4v) is 4.71. The molecule has 12 heteroatoms. The summed E-state index contributed by atoms with van der Waals surface area (Å²) in [6.45, 7) is 4.63. The molecule has 2 fully saturated rings. The van der Waals surface area contributed by atoms with E-state index >= 15 is 0 Å². The largest absolute Gasteiger partial charge is 0.471 e. The SMILES string of the molecule is CCNC(=O)c1ccc(Nc2ncc(F)c(N3CCC4CC(C3)N(C(=O)C(F)(F)F)C4)n2)cc1C. The van der Waals surface area contributed by atoms with E-state index in [2.05, 4.69) is 20.6 Å². The van der Waals surface area contributed by atoms with Crippen LogP contribution in [0, 0.1) is 18.7 Å². The Morgan fingerprint density at radius 1 is 1.23 bits per heavy atom. The van der Waals surface area contributed by atoms with Crippen molar-refractivity contribution in [2.45, 2.75) is 38.9 Å². The number of alkyl halides is 3. The van der Waals surface area contributed by atoms with Gasteiger partial charge in [0.25, 0.3) is 5.91 Å². The molecule has 2 atom stereocenters. The third-order valence-corrected chi connectivity index (χ3v) is 6.33. The van der Waals surface area contributed by atoms with Crippen molar-refractivity contribution in [1.29, 1.82) is 0 Å². The topological polar surface area (TPSA) is 90.5 Å². The van der Waals surface area contributed by atoms with Gasteiger partial charge < -0.3 is 20.4 Å². The lowest BCUT2D eigenvalue weighted by Crippen LogP contribution is -2.49. The molecule has 4 rings (SSSR count). The molecular weight excluding hydrogens is 468 g/mol. The third-order valence-electron chi connectivity index (χ3n) is 6.33. The minimum absolute atomic E-state index is 0.0369. The lowest BCUT2D eigenvalue weighted by molar-refractivity contribution is -0.186. The predicted octanol–water partition coefficient (Wildman–Crippen LogP) is 3.41. The first-order valence-corrected chi connectivity index (χ1v) is 11.4. The Bertz CT molecular complexity index is 1130. The zero-order valence-corrected chi connectivity index (χ0v) is 19.3. The molecule has 0 radical (unpaired) electrons. The highest BCUT2D eigenvalue weighted by molar-refractivity contribution is 5.96. The Kier molecular flexibility index (Phi) is 6.82. The van der Waals surface area contributed by atoms with Crippen molar-refractivity contribution in [2.24, 2.45) is 5.92 Å². The van der Waals surface area contributed by atoms with E-state index < -0.39 is 23.9 Å². The monoisotopic (exact) mass is 494 g/mol. The van der Waals surface area contributed by atoms with Gasteiger partial charge in [-0.05, 0) is 56.4 Å². The van der Waals surface area contributed by atoms with Crippen LogP contribution in [0.1, 0.15) is 35.7 Å². The molecule has 188 valence electrons. The van der Waals surface area contributed by atoms with Crippen molar-refractivity contribution < 1.29 is 27.2 Å². The molecule has 0 saturated carbocycles. The minimum Gasteiger partial charge on any atom is -0.352 e. The Balaban J connectivity index is 1.52. The van der Waals surface area contributed by atoms with E-state index in [4.69, 9.17) is 0 Å². The lowest BCUT2D eigenvalue weighted by Gasteiger charge is -2.32. The Morgan fingerprint density at radius 2 is 2.00 bits per heavy atom. The first-order chi connectivity index (χ1) is 16.6. The van der Waals surface area contributed by atoms with Gasteiger partial charge in [0.15, 0.2) is 11.6 Å². The summed E-state index contributed by atoms with van der Waals surface area (Å²) in [5.41, 5.74) is 1.84. The van der Waals surface area contributed by atoms with Crippen molar-refractivity contribution in [3.8, 4) is 0 Å². The number of fused-ring (bicyclic) bond motifs is 2. The summed E-state index contributed by atoms with van der Waals surface area (Å²) >= 11 is 0. The number of hydrogen-bond acceptors (Lipinski definition) is 6. The number of aromatic nitrogens is 2. The van der Waals surface area contributed by atoms with Crippen LogP contribution < -0.4 is 15.5 Å². The van der Waals surface area contributed by atoms with E-state index in [1.807, 2.05) is 6.92 Å². The number of carbonyl (C=O) groups excluding carboxylic acids is 2. The molecule has 2 unspecified atom stereocenters. The van der Waals surface area contributed by atoms with Gasteiger partial charge in [-0.15, -0.1) is 0 Å². The first-order valence-electron chi connectivity index (χ1n) is 11.4. The first kappa shape index (κ1) is 24.7. The maximum absolute atomic E-state index is 14.7. The summed E-state index contributed by atoms with van der Waals surface area (Å²) in [5, 5.41) is 5.72. The van der Waals surface area contributed by atoms with Gasteiger partial charge >= 0.3 is 12.1 Å². The molecule has 2 N–H and O–H groups in total. The van der Waals surface area contributed by atoms with Crippen LogP contribution in [-0.2, 0) is 4.79 Å². The van der Waals surface area contributed by atoms with E-state index in [9.17, 15) is 27.2 Å². The summed E-state index contributed by atoms with van der Waals surface area (Å²) in [6.07, 6.45) is -2.99.